The molecule has 0 aliphatic carbocycles. The van der Waals surface area contributed by atoms with E-state index < -0.39 is 21.1 Å². The molecule has 1 atom stereocenters. The Balaban J connectivity index is 2.07. The monoisotopic (exact) mass is 377 g/mol. The van der Waals surface area contributed by atoms with Crippen LogP contribution in [0.4, 0.5) is 5.69 Å². The maximum absolute atomic E-state index is 12.8. The molecular formula is C19H23NO5S. The van der Waals surface area contributed by atoms with Crippen molar-refractivity contribution in [2.45, 2.75) is 30.1 Å². The Morgan fingerprint density at radius 2 is 1.73 bits per heavy atom. The fourth-order valence-corrected chi connectivity index (χ4v) is 3.98. The maximum Gasteiger partial charge on any atom is 0.324 e. The van der Waals surface area contributed by atoms with Crippen LogP contribution in [0, 0.1) is 0 Å². The summed E-state index contributed by atoms with van der Waals surface area (Å²) in [5, 5.41) is -1.32. The van der Waals surface area contributed by atoms with E-state index in [0.29, 0.717) is 12.3 Å². The molecule has 0 heterocycles. The number of nitrogen functional groups attached to an aromatic ring is 1. The number of carbonyl (C=O) groups is 1. The van der Waals surface area contributed by atoms with Gasteiger partial charge in [-0.05, 0) is 43.2 Å². The fraction of sp³-hybridized carbons (Fsp3) is 0.316. The number of esters is 1. The Bertz CT molecular complexity index is 804. The largest absolute Gasteiger partial charge is 0.465 e. The Hall–Kier alpha value is -2.38. The number of carbonyl (C=O) groups excluding carboxylic acids is 1. The van der Waals surface area contributed by atoms with Crippen LogP contribution < -0.4 is 5.73 Å². The van der Waals surface area contributed by atoms with Crippen molar-refractivity contribution in [2.24, 2.45) is 0 Å². The van der Waals surface area contributed by atoms with Crippen LogP contribution in [0.1, 0.15) is 18.9 Å². The first kappa shape index (κ1) is 19.9. The molecule has 6 nitrogen and oxygen atoms in total. The number of ether oxygens (including phenoxy) is 2. The number of rotatable bonds is 9. The normalized spacial score (nSPS) is 12.5. The molecule has 2 aromatic rings. The number of hydrogen-bond donors (Lipinski definition) is 1. The van der Waals surface area contributed by atoms with Crippen molar-refractivity contribution in [3.05, 3.63) is 60.2 Å². The first-order valence-electron chi connectivity index (χ1n) is 8.33. The van der Waals surface area contributed by atoms with Gasteiger partial charge in [-0.15, -0.1) is 0 Å². The number of hydrogen-bond acceptors (Lipinski definition) is 6. The van der Waals surface area contributed by atoms with Crippen molar-refractivity contribution in [3.8, 4) is 0 Å². The number of benzene rings is 2. The van der Waals surface area contributed by atoms with Gasteiger partial charge in [0.05, 0.1) is 18.1 Å². The van der Waals surface area contributed by atoms with E-state index in [1.165, 1.54) is 24.3 Å². The second-order valence-corrected chi connectivity index (χ2v) is 7.81. The van der Waals surface area contributed by atoms with Crippen molar-refractivity contribution in [1.82, 2.24) is 0 Å². The fourth-order valence-electron chi connectivity index (χ4n) is 2.41. The van der Waals surface area contributed by atoms with Crippen molar-refractivity contribution < 1.29 is 22.7 Å². The van der Waals surface area contributed by atoms with E-state index in [9.17, 15) is 13.2 Å². The quantitative estimate of drug-likeness (QED) is 0.410. The minimum atomic E-state index is -3.89. The predicted octanol–water partition coefficient (Wildman–Crippen LogP) is 2.58. The summed E-state index contributed by atoms with van der Waals surface area (Å²) in [7, 11) is -3.89. The minimum Gasteiger partial charge on any atom is -0.465 e. The topological polar surface area (TPSA) is 95.7 Å². The number of anilines is 1. The SMILES string of the molecule is CCOC(=O)[C@@H](CCOCc1ccccc1)S(=O)(=O)c1ccc(N)cc1. The molecule has 0 bridgehead atoms. The van der Waals surface area contributed by atoms with Crippen LogP contribution >= 0.6 is 0 Å². The first-order valence-corrected chi connectivity index (χ1v) is 9.87. The highest BCUT2D eigenvalue weighted by Crippen LogP contribution is 2.21. The van der Waals surface area contributed by atoms with E-state index >= 15 is 0 Å². The highest BCUT2D eigenvalue weighted by molar-refractivity contribution is 7.92. The average Bonchev–Trinajstić information content (AvgIpc) is 2.62. The van der Waals surface area contributed by atoms with Gasteiger partial charge >= 0.3 is 5.97 Å². The molecule has 0 amide bonds. The van der Waals surface area contributed by atoms with Crippen LogP contribution in [-0.2, 0) is 30.7 Å². The molecule has 2 N–H and O–H groups in total. The number of sulfone groups is 1. The van der Waals surface area contributed by atoms with Crippen LogP contribution in [0.5, 0.6) is 0 Å². The molecule has 0 saturated carbocycles. The highest BCUT2D eigenvalue weighted by Gasteiger charge is 2.35. The lowest BCUT2D eigenvalue weighted by Gasteiger charge is -2.16. The lowest BCUT2D eigenvalue weighted by atomic mass is 10.2. The minimum absolute atomic E-state index is 0.0123. The van der Waals surface area contributed by atoms with E-state index in [2.05, 4.69) is 0 Å². The molecule has 140 valence electrons. The van der Waals surface area contributed by atoms with Gasteiger partial charge in [0.15, 0.2) is 15.1 Å². The van der Waals surface area contributed by atoms with Crippen LogP contribution in [0.3, 0.4) is 0 Å². The van der Waals surface area contributed by atoms with E-state index in [-0.39, 0.29) is 24.5 Å². The molecule has 7 heteroatoms. The Labute approximate surface area is 153 Å². The zero-order valence-corrected chi connectivity index (χ0v) is 15.4. The maximum atomic E-state index is 12.8. The Morgan fingerprint density at radius 1 is 1.08 bits per heavy atom. The second kappa shape index (κ2) is 9.35. The molecule has 0 fully saturated rings. The molecule has 26 heavy (non-hydrogen) atoms. The summed E-state index contributed by atoms with van der Waals surface area (Å²) in [4.78, 5) is 12.2. The van der Waals surface area contributed by atoms with E-state index in [1.54, 1.807) is 6.92 Å². The second-order valence-electron chi connectivity index (χ2n) is 5.68. The van der Waals surface area contributed by atoms with Gasteiger partial charge in [0.2, 0.25) is 0 Å². The third-order valence-corrected chi connectivity index (χ3v) is 5.88. The zero-order chi connectivity index (χ0) is 19.0. The summed E-state index contributed by atoms with van der Waals surface area (Å²) >= 11 is 0. The molecule has 0 saturated heterocycles. The van der Waals surface area contributed by atoms with Gasteiger partial charge in [0.1, 0.15) is 0 Å². The molecule has 0 spiro atoms. The first-order chi connectivity index (χ1) is 12.4. The van der Waals surface area contributed by atoms with Gasteiger partial charge in [-0.1, -0.05) is 30.3 Å². The standard InChI is InChI=1S/C19H23NO5S/c1-2-25-19(21)18(12-13-24-14-15-6-4-3-5-7-15)26(22,23)17-10-8-16(20)9-11-17/h3-11,18H,2,12-14,20H2,1H3/t18-/m1/s1. The lowest BCUT2D eigenvalue weighted by Crippen LogP contribution is -2.33. The summed E-state index contributed by atoms with van der Waals surface area (Å²) in [6.07, 6.45) is 0.0123. The van der Waals surface area contributed by atoms with Gasteiger partial charge in [-0.3, -0.25) is 4.79 Å². The summed E-state index contributed by atoms with van der Waals surface area (Å²) in [6.45, 7) is 2.21. The average molecular weight is 377 g/mol. The molecular weight excluding hydrogens is 354 g/mol. The van der Waals surface area contributed by atoms with Crippen molar-refractivity contribution >= 4 is 21.5 Å². The highest BCUT2D eigenvalue weighted by atomic mass is 32.2. The smallest absolute Gasteiger partial charge is 0.324 e. The Kier molecular flexibility index (Phi) is 7.17. The van der Waals surface area contributed by atoms with Gasteiger partial charge in [-0.2, -0.15) is 0 Å². The zero-order valence-electron chi connectivity index (χ0n) is 14.6. The van der Waals surface area contributed by atoms with Crippen molar-refractivity contribution in [3.63, 3.8) is 0 Å². The summed E-state index contributed by atoms with van der Waals surface area (Å²) in [5.74, 6) is -0.771. The third kappa shape index (κ3) is 5.31. The van der Waals surface area contributed by atoms with Gasteiger partial charge < -0.3 is 15.2 Å². The summed E-state index contributed by atoms with van der Waals surface area (Å²) in [5.41, 5.74) is 7.02. The molecule has 2 rings (SSSR count). The van der Waals surface area contributed by atoms with Crippen molar-refractivity contribution in [1.29, 1.82) is 0 Å². The van der Waals surface area contributed by atoms with Crippen LogP contribution in [0.25, 0.3) is 0 Å². The molecule has 0 aromatic heterocycles. The Morgan fingerprint density at radius 3 is 2.35 bits per heavy atom. The molecule has 0 aliphatic heterocycles. The van der Waals surface area contributed by atoms with Crippen LogP contribution in [0.2, 0.25) is 0 Å². The summed E-state index contributed by atoms with van der Waals surface area (Å²) in [6, 6.07) is 15.3. The summed E-state index contributed by atoms with van der Waals surface area (Å²) < 4.78 is 36.1. The molecule has 2 aromatic carbocycles. The molecule has 0 unspecified atom stereocenters. The van der Waals surface area contributed by atoms with Crippen LogP contribution in [-0.4, -0.2) is 32.9 Å². The van der Waals surface area contributed by atoms with Gasteiger partial charge in [0, 0.05) is 12.3 Å². The predicted molar refractivity (Wildman–Crippen MR) is 99.2 cm³/mol. The lowest BCUT2D eigenvalue weighted by molar-refractivity contribution is -0.143. The van der Waals surface area contributed by atoms with Gasteiger partial charge in [0.25, 0.3) is 0 Å². The molecule has 0 radical (unpaired) electrons. The number of nitrogens with two attached hydrogens (primary N) is 1. The van der Waals surface area contributed by atoms with E-state index in [0.717, 1.165) is 5.56 Å². The van der Waals surface area contributed by atoms with E-state index in [4.69, 9.17) is 15.2 Å². The third-order valence-electron chi connectivity index (χ3n) is 3.77. The van der Waals surface area contributed by atoms with Crippen molar-refractivity contribution in [2.75, 3.05) is 18.9 Å². The molecule has 0 aliphatic rings. The van der Waals surface area contributed by atoms with E-state index in [1.807, 2.05) is 30.3 Å². The van der Waals surface area contributed by atoms with Crippen LogP contribution in [0.15, 0.2) is 59.5 Å². The van der Waals surface area contributed by atoms with Gasteiger partial charge in [-0.25, -0.2) is 8.42 Å².